The van der Waals surface area contributed by atoms with Crippen molar-refractivity contribution in [2.75, 3.05) is 13.2 Å². The zero-order valence-electron chi connectivity index (χ0n) is 17.6. The van der Waals surface area contributed by atoms with Crippen LogP contribution < -0.4 is 15.8 Å². The molecule has 0 bridgehead atoms. The molecule has 0 heterocycles. The molecule has 1 amide bonds. The summed E-state index contributed by atoms with van der Waals surface area (Å²) in [6, 6.07) is 9.05. The van der Waals surface area contributed by atoms with Crippen LogP contribution in [0.4, 0.5) is 8.78 Å². The van der Waals surface area contributed by atoms with E-state index in [-0.39, 0.29) is 30.2 Å². The predicted octanol–water partition coefficient (Wildman–Crippen LogP) is 3.82. The van der Waals surface area contributed by atoms with E-state index >= 15 is 4.39 Å². The van der Waals surface area contributed by atoms with E-state index in [4.69, 9.17) is 20.6 Å². The Bertz CT molecular complexity index is 959. The van der Waals surface area contributed by atoms with Crippen LogP contribution in [0.25, 0.3) is 0 Å². The van der Waals surface area contributed by atoms with Gasteiger partial charge in [0.05, 0.1) is 12.2 Å². The van der Waals surface area contributed by atoms with Crippen molar-refractivity contribution in [3.63, 3.8) is 0 Å². The van der Waals surface area contributed by atoms with E-state index in [1.165, 1.54) is 6.07 Å². The minimum atomic E-state index is -1.46. The predicted molar refractivity (Wildman–Crippen MR) is 113 cm³/mol. The number of carbonyl (C=O) groups excluding carboxylic acids is 1. The van der Waals surface area contributed by atoms with Gasteiger partial charge in [-0.15, -0.1) is 0 Å². The summed E-state index contributed by atoms with van der Waals surface area (Å²) in [6.07, 6.45) is 0.543. The van der Waals surface area contributed by atoms with Gasteiger partial charge in [0.15, 0.2) is 17.7 Å². The molecule has 6 nitrogen and oxygen atoms in total. The molecule has 1 unspecified atom stereocenters. The molecule has 0 spiro atoms. The van der Waals surface area contributed by atoms with Gasteiger partial charge in [-0.05, 0) is 37.5 Å². The average molecular weight is 431 g/mol. The highest BCUT2D eigenvalue weighted by atomic mass is 19.1. The van der Waals surface area contributed by atoms with E-state index < -0.39 is 29.2 Å². The standard InChI is InChI=1S/C23H27F2N3O3/c1-3-30-20(22(29)28-12-14-4-6-15(7-5-14)21(26)27)18-16(24)8-9-17(19(18)25)31-13-23(2)10-11-23/h4-9,20H,3,10-13H2,1-2H3,(H3,26,27)(H,28,29). The molecule has 1 fully saturated rings. The number of nitrogens with one attached hydrogen (secondary N) is 2. The van der Waals surface area contributed by atoms with E-state index in [0.29, 0.717) is 12.2 Å². The van der Waals surface area contributed by atoms with Crippen LogP contribution >= 0.6 is 0 Å². The van der Waals surface area contributed by atoms with Crippen LogP contribution in [0.15, 0.2) is 36.4 Å². The number of benzene rings is 2. The molecule has 3 rings (SSSR count). The molecule has 0 saturated heterocycles. The fourth-order valence-electron chi connectivity index (χ4n) is 3.05. The van der Waals surface area contributed by atoms with Gasteiger partial charge in [0.1, 0.15) is 11.7 Å². The van der Waals surface area contributed by atoms with Crippen molar-refractivity contribution in [2.45, 2.75) is 39.3 Å². The molecule has 0 aliphatic heterocycles. The molecule has 2 aromatic carbocycles. The monoisotopic (exact) mass is 431 g/mol. The topological polar surface area (TPSA) is 97.4 Å². The molecule has 1 saturated carbocycles. The van der Waals surface area contributed by atoms with Gasteiger partial charge in [-0.1, -0.05) is 31.2 Å². The number of halogens is 2. The Kier molecular flexibility index (Phi) is 6.90. The largest absolute Gasteiger partial charge is 0.490 e. The van der Waals surface area contributed by atoms with E-state index in [1.54, 1.807) is 31.2 Å². The van der Waals surface area contributed by atoms with Crippen molar-refractivity contribution in [3.8, 4) is 5.75 Å². The highest BCUT2D eigenvalue weighted by molar-refractivity contribution is 5.94. The summed E-state index contributed by atoms with van der Waals surface area (Å²) in [5, 5.41) is 10.1. The zero-order chi connectivity index (χ0) is 22.6. The molecule has 0 radical (unpaired) electrons. The van der Waals surface area contributed by atoms with Crippen LogP contribution in [0, 0.1) is 22.5 Å². The SMILES string of the molecule is CCOC(C(=O)NCc1ccc(C(=N)N)cc1)c1c(F)ccc(OCC2(C)CC2)c1F. The van der Waals surface area contributed by atoms with Crippen molar-refractivity contribution < 1.29 is 23.0 Å². The van der Waals surface area contributed by atoms with Crippen molar-refractivity contribution in [1.29, 1.82) is 5.41 Å². The normalized spacial score (nSPS) is 15.2. The quantitative estimate of drug-likeness (QED) is 0.393. The molecular weight excluding hydrogens is 404 g/mol. The number of amidine groups is 1. The number of hydrogen-bond donors (Lipinski definition) is 3. The Morgan fingerprint density at radius 1 is 1.23 bits per heavy atom. The Balaban J connectivity index is 1.75. The van der Waals surface area contributed by atoms with Crippen molar-refractivity contribution >= 4 is 11.7 Å². The third-order valence-corrected chi connectivity index (χ3v) is 5.34. The van der Waals surface area contributed by atoms with Gasteiger partial charge in [-0.3, -0.25) is 10.2 Å². The zero-order valence-corrected chi connectivity index (χ0v) is 17.6. The van der Waals surface area contributed by atoms with Gasteiger partial charge >= 0.3 is 0 Å². The highest BCUT2D eigenvalue weighted by Gasteiger charge is 2.38. The molecular formula is C23H27F2N3O3. The maximum atomic E-state index is 15.1. The van der Waals surface area contributed by atoms with Crippen LogP contribution in [0.5, 0.6) is 5.75 Å². The fourth-order valence-corrected chi connectivity index (χ4v) is 3.05. The summed E-state index contributed by atoms with van der Waals surface area (Å²) < 4.78 is 40.6. The third kappa shape index (κ3) is 5.58. The van der Waals surface area contributed by atoms with Gasteiger partial charge in [0.2, 0.25) is 0 Å². The molecule has 8 heteroatoms. The second-order valence-corrected chi connectivity index (χ2v) is 8.04. The van der Waals surface area contributed by atoms with Crippen LogP contribution in [0.2, 0.25) is 0 Å². The van der Waals surface area contributed by atoms with E-state index in [0.717, 1.165) is 24.5 Å². The van der Waals surface area contributed by atoms with E-state index in [9.17, 15) is 9.18 Å². The second-order valence-electron chi connectivity index (χ2n) is 8.04. The number of hydrogen-bond acceptors (Lipinski definition) is 4. The lowest BCUT2D eigenvalue weighted by Gasteiger charge is -2.20. The van der Waals surface area contributed by atoms with Gasteiger partial charge < -0.3 is 20.5 Å². The van der Waals surface area contributed by atoms with Crippen molar-refractivity contribution in [3.05, 3.63) is 64.7 Å². The molecule has 166 valence electrons. The minimum Gasteiger partial charge on any atom is -0.490 e. The summed E-state index contributed by atoms with van der Waals surface area (Å²) in [6.45, 7) is 4.22. The number of nitrogen functional groups attached to an aromatic ring is 1. The Morgan fingerprint density at radius 2 is 1.90 bits per heavy atom. The lowest BCUT2D eigenvalue weighted by atomic mass is 10.1. The molecule has 1 atom stereocenters. The van der Waals surface area contributed by atoms with E-state index in [1.807, 2.05) is 6.92 Å². The van der Waals surface area contributed by atoms with Crippen molar-refractivity contribution in [2.24, 2.45) is 11.1 Å². The lowest BCUT2D eigenvalue weighted by molar-refractivity contribution is -0.133. The molecule has 0 aromatic heterocycles. The molecule has 2 aromatic rings. The maximum Gasteiger partial charge on any atom is 0.254 e. The van der Waals surface area contributed by atoms with Crippen LogP contribution in [-0.2, 0) is 16.1 Å². The summed E-state index contributed by atoms with van der Waals surface area (Å²) in [7, 11) is 0. The number of rotatable bonds is 10. The number of nitrogens with two attached hydrogens (primary N) is 1. The number of amides is 1. The Labute approximate surface area is 180 Å². The van der Waals surface area contributed by atoms with Gasteiger partial charge in [-0.2, -0.15) is 0 Å². The van der Waals surface area contributed by atoms with Crippen LogP contribution in [-0.4, -0.2) is 25.0 Å². The first kappa shape index (κ1) is 22.7. The van der Waals surface area contributed by atoms with Crippen LogP contribution in [0.3, 0.4) is 0 Å². The Morgan fingerprint density at radius 3 is 2.48 bits per heavy atom. The summed E-state index contributed by atoms with van der Waals surface area (Å²) in [5.41, 5.74) is 6.28. The van der Waals surface area contributed by atoms with Gasteiger partial charge in [0.25, 0.3) is 5.91 Å². The first-order chi connectivity index (χ1) is 14.7. The third-order valence-electron chi connectivity index (χ3n) is 5.34. The van der Waals surface area contributed by atoms with Gasteiger partial charge in [-0.25, -0.2) is 8.78 Å². The van der Waals surface area contributed by atoms with Crippen molar-refractivity contribution in [1.82, 2.24) is 5.32 Å². The number of carbonyl (C=O) groups is 1. The smallest absolute Gasteiger partial charge is 0.254 e. The van der Waals surface area contributed by atoms with Crippen LogP contribution in [0.1, 0.15) is 49.5 Å². The van der Waals surface area contributed by atoms with Gasteiger partial charge in [0, 0.05) is 24.1 Å². The molecule has 1 aliphatic carbocycles. The maximum absolute atomic E-state index is 15.1. The molecule has 4 N–H and O–H groups in total. The summed E-state index contributed by atoms with van der Waals surface area (Å²) >= 11 is 0. The summed E-state index contributed by atoms with van der Waals surface area (Å²) in [4.78, 5) is 12.8. The minimum absolute atomic E-state index is 0.0234. The second kappa shape index (κ2) is 9.43. The molecule has 31 heavy (non-hydrogen) atoms. The lowest BCUT2D eigenvalue weighted by Crippen LogP contribution is -2.32. The first-order valence-corrected chi connectivity index (χ1v) is 10.2. The summed E-state index contributed by atoms with van der Waals surface area (Å²) in [5.74, 6) is -2.62. The average Bonchev–Trinajstić information content (AvgIpc) is 3.48. The first-order valence-electron chi connectivity index (χ1n) is 10.2. The Hall–Kier alpha value is -3.00. The number of ether oxygens (including phenoxy) is 2. The van der Waals surface area contributed by atoms with E-state index in [2.05, 4.69) is 5.32 Å². The molecule has 1 aliphatic rings. The fraction of sp³-hybridized carbons (Fsp3) is 0.391. The highest BCUT2D eigenvalue weighted by Crippen LogP contribution is 2.45.